The minimum Gasteiger partial charge on any atom is -0.379 e. The molecule has 0 bridgehead atoms. The number of anilines is 1. The Morgan fingerprint density at radius 1 is 1.33 bits per heavy atom. The second-order valence-electron chi connectivity index (χ2n) is 5.62. The molecule has 0 aliphatic carbocycles. The van der Waals surface area contributed by atoms with E-state index >= 15 is 0 Å². The maximum atomic E-state index is 12.3. The molecule has 1 fully saturated rings. The number of morpholine rings is 1. The number of amides is 1. The molecule has 3 rings (SSSR count). The van der Waals surface area contributed by atoms with Gasteiger partial charge in [-0.3, -0.25) is 15.0 Å². The Balaban J connectivity index is 1.56. The number of aromatic nitrogens is 1. The van der Waals surface area contributed by atoms with Crippen LogP contribution >= 0.6 is 23.1 Å². The highest BCUT2D eigenvalue weighted by Crippen LogP contribution is 2.19. The van der Waals surface area contributed by atoms with Gasteiger partial charge in [0.15, 0.2) is 5.13 Å². The van der Waals surface area contributed by atoms with Crippen molar-refractivity contribution in [3.63, 3.8) is 0 Å². The zero-order valence-corrected chi connectivity index (χ0v) is 15.3. The predicted molar refractivity (Wildman–Crippen MR) is 99.8 cm³/mol. The summed E-state index contributed by atoms with van der Waals surface area (Å²) in [6.45, 7) is 4.23. The van der Waals surface area contributed by atoms with Crippen LogP contribution in [0, 0.1) is 0 Å². The third kappa shape index (κ3) is 4.80. The number of thiazole rings is 1. The first-order valence-electron chi connectivity index (χ1n) is 7.88. The number of nitrogens with one attached hydrogen (secondary N) is 1. The molecule has 128 valence electrons. The van der Waals surface area contributed by atoms with Crippen LogP contribution < -0.4 is 5.32 Å². The van der Waals surface area contributed by atoms with Crippen LogP contribution in [-0.2, 0) is 17.0 Å². The lowest BCUT2D eigenvalue weighted by Gasteiger charge is -2.25. The van der Waals surface area contributed by atoms with E-state index in [1.165, 1.54) is 16.9 Å². The summed E-state index contributed by atoms with van der Waals surface area (Å²) in [5.74, 6) is 0.845. The highest BCUT2D eigenvalue weighted by Gasteiger charge is 2.14. The summed E-state index contributed by atoms with van der Waals surface area (Å²) in [5, 5.41) is 5.54. The second-order valence-corrected chi connectivity index (χ2v) is 7.34. The molecule has 0 atom stereocenters. The Hall–Kier alpha value is -1.41. The number of hydrogen-bond donors (Lipinski definition) is 1. The molecular weight excluding hydrogens is 342 g/mol. The largest absolute Gasteiger partial charge is 0.379 e. The third-order valence-corrected chi connectivity index (χ3v) is 5.22. The number of nitrogens with zero attached hydrogens (tertiary/aromatic N) is 2. The molecule has 7 heteroatoms. The van der Waals surface area contributed by atoms with E-state index in [1.807, 2.05) is 29.6 Å². The minimum absolute atomic E-state index is 0.113. The quantitative estimate of drug-likeness (QED) is 0.855. The molecule has 1 saturated heterocycles. The van der Waals surface area contributed by atoms with Crippen molar-refractivity contribution >= 4 is 34.1 Å². The summed E-state index contributed by atoms with van der Waals surface area (Å²) in [5.41, 5.74) is 2.87. The van der Waals surface area contributed by atoms with E-state index in [4.69, 9.17) is 4.74 Å². The van der Waals surface area contributed by atoms with Crippen LogP contribution in [0.25, 0.3) is 0 Å². The smallest absolute Gasteiger partial charge is 0.257 e. The van der Waals surface area contributed by atoms with Gasteiger partial charge < -0.3 is 4.74 Å². The van der Waals surface area contributed by atoms with Crippen LogP contribution in [0.2, 0.25) is 0 Å². The highest BCUT2D eigenvalue weighted by molar-refractivity contribution is 7.97. The van der Waals surface area contributed by atoms with Crippen LogP contribution in [0.4, 0.5) is 5.13 Å². The van der Waals surface area contributed by atoms with E-state index in [1.54, 1.807) is 11.8 Å². The summed E-state index contributed by atoms with van der Waals surface area (Å²) in [6.07, 6.45) is 2.07. The Kier molecular flexibility index (Phi) is 6.25. The lowest BCUT2D eigenvalue weighted by Crippen LogP contribution is -2.35. The molecule has 1 N–H and O–H groups in total. The van der Waals surface area contributed by atoms with Gasteiger partial charge in [0.05, 0.1) is 18.9 Å². The van der Waals surface area contributed by atoms with E-state index in [-0.39, 0.29) is 5.91 Å². The van der Waals surface area contributed by atoms with E-state index in [0.29, 0.717) is 10.7 Å². The molecule has 2 aromatic rings. The van der Waals surface area contributed by atoms with Crippen molar-refractivity contribution in [3.05, 3.63) is 46.5 Å². The van der Waals surface area contributed by atoms with Crippen LogP contribution in [0.1, 0.15) is 21.6 Å². The maximum Gasteiger partial charge on any atom is 0.257 e. The van der Waals surface area contributed by atoms with Gasteiger partial charge in [0, 0.05) is 36.3 Å². The van der Waals surface area contributed by atoms with E-state index in [0.717, 1.165) is 44.3 Å². The Morgan fingerprint density at radius 2 is 2.08 bits per heavy atom. The van der Waals surface area contributed by atoms with Gasteiger partial charge in [-0.1, -0.05) is 12.1 Å². The van der Waals surface area contributed by atoms with Gasteiger partial charge in [0.1, 0.15) is 0 Å². The van der Waals surface area contributed by atoms with Crippen molar-refractivity contribution in [1.82, 2.24) is 9.88 Å². The Morgan fingerprint density at radius 3 is 2.79 bits per heavy atom. The molecule has 24 heavy (non-hydrogen) atoms. The third-order valence-electron chi connectivity index (χ3n) is 3.79. The molecule has 0 unspecified atom stereocenters. The summed E-state index contributed by atoms with van der Waals surface area (Å²) in [4.78, 5) is 19.1. The maximum absolute atomic E-state index is 12.3. The van der Waals surface area contributed by atoms with E-state index in [2.05, 4.69) is 21.5 Å². The van der Waals surface area contributed by atoms with E-state index in [9.17, 15) is 4.79 Å². The minimum atomic E-state index is -0.113. The first kappa shape index (κ1) is 17.4. The van der Waals surface area contributed by atoms with Gasteiger partial charge >= 0.3 is 0 Å². The Bertz CT molecular complexity index is 667. The number of ether oxygens (including phenoxy) is 1. The van der Waals surface area contributed by atoms with Crippen LogP contribution in [0.5, 0.6) is 0 Å². The first-order chi connectivity index (χ1) is 11.7. The fourth-order valence-corrected chi connectivity index (χ4v) is 3.74. The van der Waals surface area contributed by atoms with Crippen molar-refractivity contribution in [2.24, 2.45) is 0 Å². The van der Waals surface area contributed by atoms with Gasteiger partial charge in [-0.05, 0) is 24.0 Å². The normalized spacial score (nSPS) is 15.4. The van der Waals surface area contributed by atoms with Crippen molar-refractivity contribution in [1.29, 1.82) is 0 Å². The van der Waals surface area contributed by atoms with Crippen molar-refractivity contribution in [2.45, 2.75) is 12.3 Å². The Labute approximate surface area is 150 Å². The molecule has 1 aromatic heterocycles. The monoisotopic (exact) mass is 363 g/mol. The van der Waals surface area contributed by atoms with Gasteiger partial charge in [0.2, 0.25) is 0 Å². The average Bonchev–Trinajstić information content (AvgIpc) is 3.03. The van der Waals surface area contributed by atoms with Crippen LogP contribution in [0.3, 0.4) is 0 Å². The molecule has 0 spiro atoms. The molecule has 1 aliphatic heterocycles. The molecule has 2 heterocycles. The number of carbonyl (C=O) groups excluding carboxylic acids is 1. The molecule has 1 aromatic carbocycles. The van der Waals surface area contributed by atoms with E-state index < -0.39 is 0 Å². The molecule has 5 nitrogen and oxygen atoms in total. The lowest BCUT2D eigenvalue weighted by molar-refractivity contribution is 0.0337. The summed E-state index contributed by atoms with van der Waals surface area (Å²) in [7, 11) is 0. The van der Waals surface area contributed by atoms with Gasteiger partial charge in [-0.25, -0.2) is 4.98 Å². The molecule has 0 radical (unpaired) electrons. The van der Waals surface area contributed by atoms with Gasteiger partial charge in [0.25, 0.3) is 5.91 Å². The molecule has 1 aliphatic rings. The zero-order chi connectivity index (χ0) is 16.8. The van der Waals surface area contributed by atoms with Crippen molar-refractivity contribution in [2.75, 3.05) is 37.9 Å². The predicted octanol–water partition coefficient (Wildman–Crippen LogP) is 3.09. The topological polar surface area (TPSA) is 54.5 Å². The standard InChI is InChI=1S/C17H21N3O2S2/c1-23-11-13-2-4-14(5-3-13)16(21)19-17-18-15(12-24-17)10-20-6-8-22-9-7-20/h2-5,12H,6-11H2,1H3,(H,18,19,21). The number of carbonyl (C=O) groups is 1. The average molecular weight is 364 g/mol. The summed E-state index contributed by atoms with van der Waals surface area (Å²) < 4.78 is 5.35. The number of thioether (sulfide) groups is 1. The molecular formula is C17H21N3O2S2. The van der Waals surface area contributed by atoms with Gasteiger partial charge in [-0.2, -0.15) is 11.8 Å². The number of rotatable bonds is 6. The molecule has 1 amide bonds. The fourth-order valence-electron chi connectivity index (χ4n) is 2.51. The van der Waals surface area contributed by atoms with Crippen LogP contribution in [0.15, 0.2) is 29.6 Å². The van der Waals surface area contributed by atoms with Crippen molar-refractivity contribution in [3.8, 4) is 0 Å². The fraction of sp³-hybridized carbons (Fsp3) is 0.412. The van der Waals surface area contributed by atoms with Gasteiger partial charge in [-0.15, -0.1) is 11.3 Å². The zero-order valence-electron chi connectivity index (χ0n) is 13.7. The van der Waals surface area contributed by atoms with Crippen LogP contribution in [-0.4, -0.2) is 48.4 Å². The summed E-state index contributed by atoms with van der Waals surface area (Å²) >= 11 is 3.24. The highest BCUT2D eigenvalue weighted by atomic mass is 32.2. The molecule has 0 saturated carbocycles. The lowest BCUT2D eigenvalue weighted by atomic mass is 10.1. The summed E-state index contributed by atoms with van der Waals surface area (Å²) in [6, 6.07) is 7.72. The number of hydrogen-bond acceptors (Lipinski definition) is 6. The van der Waals surface area contributed by atoms with Crippen molar-refractivity contribution < 1.29 is 9.53 Å². The first-order valence-corrected chi connectivity index (χ1v) is 10.2. The SMILES string of the molecule is CSCc1ccc(C(=O)Nc2nc(CN3CCOCC3)cs2)cc1. The second kappa shape index (κ2) is 8.62. The number of benzene rings is 1.